The maximum Gasteiger partial charge on any atom is 0.161 e. The molecule has 0 fully saturated rings. The van der Waals surface area contributed by atoms with Crippen molar-refractivity contribution < 1.29 is 9.47 Å². The Balaban J connectivity index is 1.75. The lowest BCUT2D eigenvalue weighted by Crippen LogP contribution is -2.32. The molecule has 21 heavy (non-hydrogen) atoms. The predicted octanol–water partition coefficient (Wildman–Crippen LogP) is 5.09. The van der Waals surface area contributed by atoms with Crippen molar-refractivity contribution in [2.75, 3.05) is 6.61 Å². The molecule has 1 heterocycles. The molecule has 2 aromatic carbocycles. The normalized spacial score (nSPS) is 18.6. The van der Waals surface area contributed by atoms with Crippen LogP contribution in [0.3, 0.4) is 0 Å². The van der Waals surface area contributed by atoms with Gasteiger partial charge in [-0.25, -0.2) is 0 Å². The summed E-state index contributed by atoms with van der Waals surface area (Å²) in [7, 11) is 0. The van der Waals surface area contributed by atoms with E-state index in [0.717, 1.165) is 11.5 Å². The number of alkyl halides is 1. The number of rotatable bonds is 3. The van der Waals surface area contributed by atoms with E-state index in [2.05, 4.69) is 54.0 Å². The molecule has 2 atom stereocenters. The lowest BCUT2D eigenvalue weighted by Gasteiger charge is -2.29. The lowest BCUT2D eigenvalue weighted by atomic mass is 9.99. The van der Waals surface area contributed by atoms with Crippen molar-refractivity contribution in [2.24, 2.45) is 0 Å². The Hall–Kier alpha value is -1.48. The van der Waals surface area contributed by atoms with E-state index in [0.29, 0.717) is 12.5 Å². The molecule has 0 aliphatic carbocycles. The highest BCUT2D eigenvalue weighted by Crippen LogP contribution is 2.37. The first-order chi connectivity index (χ1) is 10.1. The number of fused-ring (bicyclic) bond motifs is 1. The van der Waals surface area contributed by atoms with Crippen molar-refractivity contribution in [3.63, 3.8) is 0 Å². The molecule has 0 N–H and O–H groups in total. The van der Waals surface area contributed by atoms with Gasteiger partial charge in [0.1, 0.15) is 12.7 Å². The van der Waals surface area contributed by atoms with Gasteiger partial charge in [0.2, 0.25) is 0 Å². The van der Waals surface area contributed by atoms with Crippen molar-refractivity contribution in [1.82, 2.24) is 0 Å². The van der Waals surface area contributed by atoms with E-state index >= 15 is 0 Å². The molecule has 2 aromatic rings. The van der Waals surface area contributed by atoms with E-state index in [9.17, 15) is 0 Å². The largest absolute Gasteiger partial charge is 0.486 e. The van der Waals surface area contributed by atoms with Gasteiger partial charge in [0.15, 0.2) is 11.5 Å². The Morgan fingerprint density at radius 3 is 2.24 bits per heavy atom. The van der Waals surface area contributed by atoms with Crippen LogP contribution in [0.5, 0.6) is 11.5 Å². The number of ether oxygens (including phenoxy) is 2. The third-order valence-corrected chi connectivity index (χ3v) is 4.90. The van der Waals surface area contributed by atoms with Crippen molar-refractivity contribution >= 4 is 15.9 Å². The second-order valence-electron chi connectivity index (χ2n) is 5.64. The number of halogens is 1. The average Bonchev–Trinajstić information content (AvgIpc) is 2.54. The number of para-hydroxylation sites is 2. The highest BCUT2D eigenvalue weighted by Gasteiger charge is 2.28. The van der Waals surface area contributed by atoms with Gasteiger partial charge in [-0.05, 0) is 29.2 Å². The summed E-state index contributed by atoms with van der Waals surface area (Å²) in [6.45, 7) is 4.96. The van der Waals surface area contributed by atoms with Gasteiger partial charge in [-0.15, -0.1) is 0 Å². The summed E-state index contributed by atoms with van der Waals surface area (Å²) in [6, 6.07) is 16.5. The summed E-state index contributed by atoms with van der Waals surface area (Å²) in [4.78, 5) is 0.118. The monoisotopic (exact) mass is 346 g/mol. The highest BCUT2D eigenvalue weighted by atomic mass is 79.9. The third kappa shape index (κ3) is 3.08. The van der Waals surface area contributed by atoms with Crippen LogP contribution in [0.15, 0.2) is 48.5 Å². The molecule has 0 saturated carbocycles. The number of hydrogen-bond donors (Lipinski definition) is 0. The Labute approximate surface area is 134 Å². The van der Waals surface area contributed by atoms with Gasteiger partial charge in [-0.1, -0.05) is 66.2 Å². The molecule has 3 heteroatoms. The minimum Gasteiger partial charge on any atom is -0.486 e. The van der Waals surface area contributed by atoms with Crippen LogP contribution >= 0.6 is 15.9 Å². The maximum atomic E-state index is 6.05. The van der Waals surface area contributed by atoms with Gasteiger partial charge in [-0.2, -0.15) is 0 Å². The Bertz CT molecular complexity index is 607. The summed E-state index contributed by atoms with van der Waals surface area (Å²) in [5.74, 6) is 2.19. The second kappa shape index (κ2) is 6.10. The van der Waals surface area contributed by atoms with E-state index in [4.69, 9.17) is 9.47 Å². The molecule has 1 aliphatic heterocycles. The van der Waals surface area contributed by atoms with Gasteiger partial charge in [0.05, 0.1) is 4.83 Å². The van der Waals surface area contributed by atoms with Crippen LogP contribution in [-0.2, 0) is 0 Å². The summed E-state index contributed by atoms with van der Waals surface area (Å²) in [5.41, 5.74) is 2.57. The molecular formula is C18H19BrO2. The van der Waals surface area contributed by atoms with E-state index in [-0.39, 0.29) is 10.9 Å². The Morgan fingerprint density at radius 2 is 1.57 bits per heavy atom. The van der Waals surface area contributed by atoms with E-state index in [1.807, 2.05) is 24.3 Å². The van der Waals surface area contributed by atoms with Gasteiger partial charge < -0.3 is 9.47 Å². The molecule has 0 saturated heterocycles. The first-order valence-electron chi connectivity index (χ1n) is 7.27. The SMILES string of the molecule is CC(C)c1ccc(C(Br)C2COc3ccccc3O2)cc1. The fourth-order valence-corrected chi connectivity index (χ4v) is 3.03. The number of hydrogen-bond acceptors (Lipinski definition) is 2. The first kappa shape index (κ1) is 14.5. The van der Waals surface area contributed by atoms with Crippen molar-refractivity contribution in [2.45, 2.75) is 30.7 Å². The zero-order valence-electron chi connectivity index (χ0n) is 12.3. The van der Waals surface area contributed by atoms with Gasteiger partial charge >= 0.3 is 0 Å². The molecular weight excluding hydrogens is 328 g/mol. The second-order valence-corrected chi connectivity index (χ2v) is 6.62. The van der Waals surface area contributed by atoms with Crippen LogP contribution in [0.2, 0.25) is 0 Å². The molecule has 1 aliphatic rings. The van der Waals surface area contributed by atoms with Crippen LogP contribution in [0.1, 0.15) is 35.7 Å². The molecule has 2 unspecified atom stereocenters. The summed E-state index contributed by atoms with van der Waals surface area (Å²) in [6.07, 6.45) is -0.0233. The fourth-order valence-electron chi connectivity index (χ4n) is 2.46. The molecule has 0 spiro atoms. The highest BCUT2D eigenvalue weighted by molar-refractivity contribution is 9.09. The molecule has 3 rings (SSSR count). The topological polar surface area (TPSA) is 18.5 Å². The fraction of sp³-hybridized carbons (Fsp3) is 0.333. The van der Waals surface area contributed by atoms with Crippen molar-refractivity contribution in [3.8, 4) is 11.5 Å². The van der Waals surface area contributed by atoms with Crippen LogP contribution in [-0.4, -0.2) is 12.7 Å². The minimum atomic E-state index is -0.0233. The maximum absolute atomic E-state index is 6.05. The van der Waals surface area contributed by atoms with Crippen LogP contribution in [0, 0.1) is 0 Å². The third-order valence-electron chi connectivity index (χ3n) is 3.78. The summed E-state index contributed by atoms with van der Waals surface area (Å²) >= 11 is 3.76. The van der Waals surface area contributed by atoms with Crippen LogP contribution in [0.4, 0.5) is 0 Å². The minimum absolute atomic E-state index is 0.0233. The molecule has 2 nitrogen and oxygen atoms in total. The van der Waals surface area contributed by atoms with E-state index in [1.165, 1.54) is 11.1 Å². The first-order valence-corrected chi connectivity index (χ1v) is 8.19. The van der Waals surface area contributed by atoms with Crippen LogP contribution < -0.4 is 9.47 Å². The quantitative estimate of drug-likeness (QED) is 0.721. The number of benzene rings is 2. The molecule has 0 radical (unpaired) electrons. The lowest BCUT2D eigenvalue weighted by molar-refractivity contribution is 0.0905. The van der Waals surface area contributed by atoms with Crippen molar-refractivity contribution in [3.05, 3.63) is 59.7 Å². The summed E-state index contributed by atoms with van der Waals surface area (Å²) < 4.78 is 11.8. The molecule has 0 amide bonds. The average molecular weight is 347 g/mol. The molecule has 0 bridgehead atoms. The van der Waals surface area contributed by atoms with Crippen LogP contribution in [0.25, 0.3) is 0 Å². The standard InChI is InChI=1S/C18H19BrO2/c1-12(2)13-7-9-14(10-8-13)18(19)17-11-20-15-5-3-4-6-16(15)21-17/h3-10,12,17-18H,11H2,1-2H3. The smallest absolute Gasteiger partial charge is 0.161 e. The van der Waals surface area contributed by atoms with E-state index in [1.54, 1.807) is 0 Å². The Morgan fingerprint density at radius 1 is 0.952 bits per heavy atom. The van der Waals surface area contributed by atoms with Gasteiger partial charge in [0, 0.05) is 0 Å². The van der Waals surface area contributed by atoms with E-state index < -0.39 is 0 Å². The summed E-state index contributed by atoms with van der Waals surface area (Å²) in [5, 5.41) is 0. The molecule has 0 aromatic heterocycles. The Kier molecular flexibility index (Phi) is 4.20. The molecule has 110 valence electrons. The van der Waals surface area contributed by atoms with Gasteiger partial charge in [0.25, 0.3) is 0 Å². The zero-order chi connectivity index (χ0) is 14.8. The predicted molar refractivity (Wildman–Crippen MR) is 88.6 cm³/mol. The zero-order valence-corrected chi connectivity index (χ0v) is 13.8. The van der Waals surface area contributed by atoms with Crippen molar-refractivity contribution in [1.29, 1.82) is 0 Å². The van der Waals surface area contributed by atoms with Gasteiger partial charge in [-0.3, -0.25) is 0 Å².